The van der Waals surface area contributed by atoms with Gasteiger partial charge in [-0.3, -0.25) is 4.90 Å². The molecule has 3 fully saturated rings. The fraction of sp³-hybridized carbons (Fsp3) is 0.947. The van der Waals surface area contributed by atoms with Crippen LogP contribution >= 0.6 is 0 Å². The average Bonchev–Trinajstić information content (AvgIpc) is 2.64. The Morgan fingerprint density at radius 3 is 2.32 bits per heavy atom. The summed E-state index contributed by atoms with van der Waals surface area (Å²) in [6, 6.07) is 0.860. The van der Waals surface area contributed by atoms with Crippen molar-refractivity contribution in [2.24, 2.45) is 0 Å². The molecule has 25 heavy (non-hydrogen) atoms. The maximum atomic E-state index is 12.6. The zero-order chi connectivity index (χ0) is 17.9. The van der Waals surface area contributed by atoms with E-state index in [9.17, 15) is 4.79 Å². The molecular formula is C19H36N4O2. The van der Waals surface area contributed by atoms with E-state index in [2.05, 4.69) is 30.7 Å². The Balaban J connectivity index is 1.54. The molecule has 3 aliphatic rings. The van der Waals surface area contributed by atoms with E-state index in [4.69, 9.17) is 4.74 Å². The average molecular weight is 353 g/mol. The van der Waals surface area contributed by atoms with E-state index in [0.717, 1.165) is 58.5 Å². The number of rotatable bonds is 3. The van der Waals surface area contributed by atoms with Crippen molar-refractivity contribution in [3.8, 4) is 0 Å². The maximum absolute atomic E-state index is 12.6. The topological polar surface area (TPSA) is 39.3 Å². The molecule has 3 heterocycles. The van der Waals surface area contributed by atoms with Crippen molar-refractivity contribution in [3.05, 3.63) is 0 Å². The van der Waals surface area contributed by atoms with E-state index in [0.29, 0.717) is 6.04 Å². The predicted molar refractivity (Wildman–Crippen MR) is 99.9 cm³/mol. The van der Waals surface area contributed by atoms with E-state index in [1.807, 2.05) is 9.80 Å². The van der Waals surface area contributed by atoms with Crippen LogP contribution in [0.4, 0.5) is 4.79 Å². The second-order valence-corrected chi connectivity index (χ2v) is 7.96. The summed E-state index contributed by atoms with van der Waals surface area (Å²) in [5.41, 5.74) is 0.00625. The molecule has 2 amide bonds. The zero-order valence-corrected chi connectivity index (χ0v) is 16.4. The SMILES string of the molecule is CCN(CC)C(=O)N1CCC2(CC1)CC(N1CCN(C)CC1)CCO2. The molecular weight excluding hydrogens is 316 g/mol. The Labute approximate surface area is 153 Å². The van der Waals surface area contributed by atoms with E-state index in [1.54, 1.807) is 0 Å². The molecule has 0 aromatic heterocycles. The van der Waals surface area contributed by atoms with Gasteiger partial charge in [0.2, 0.25) is 0 Å². The van der Waals surface area contributed by atoms with Crippen LogP contribution in [-0.2, 0) is 4.74 Å². The molecule has 0 N–H and O–H groups in total. The van der Waals surface area contributed by atoms with Crippen molar-refractivity contribution >= 4 is 6.03 Å². The molecule has 1 atom stereocenters. The fourth-order valence-corrected chi connectivity index (χ4v) is 4.65. The number of piperazine rings is 1. The molecule has 3 aliphatic heterocycles. The molecule has 6 heteroatoms. The first kappa shape index (κ1) is 18.9. The van der Waals surface area contributed by atoms with Crippen LogP contribution in [-0.4, -0.2) is 103 Å². The quantitative estimate of drug-likeness (QED) is 0.775. The lowest BCUT2D eigenvalue weighted by molar-refractivity contribution is -0.132. The van der Waals surface area contributed by atoms with Crippen LogP contribution in [0.25, 0.3) is 0 Å². The van der Waals surface area contributed by atoms with Gasteiger partial charge in [-0.15, -0.1) is 0 Å². The Kier molecular flexibility index (Phi) is 6.23. The van der Waals surface area contributed by atoms with Gasteiger partial charge in [0.05, 0.1) is 5.60 Å². The minimum absolute atomic E-state index is 0.00625. The molecule has 3 rings (SSSR count). The molecule has 0 bridgehead atoms. The fourth-order valence-electron chi connectivity index (χ4n) is 4.65. The lowest BCUT2D eigenvalue weighted by Crippen LogP contribution is -2.58. The second kappa shape index (κ2) is 8.23. The highest BCUT2D eigenvalue weighted by atomic mass is 16.5. The highest BCUT2D eigenvalue weighted by molar-refractivity contribution is 5.74. The highest BCUT2D eigenvalue weighted by Crippen LogP contribution is 2.37. The number of carbonyl (C=O) groups is 1. The van der Waals surface area contributed by atoms with E-state index in [1.165, 1.54) is 26.2 Å². The predicted octanol–water partition coefficient (Wildman–Crippen LogP) is 1.71. The summed E-state index contributed by atoms with van der Waals surface area (Å²) in [5.74, 6) is 0. The third-order valence-electron chi connectivity index (χ3n) is 6.50. The molecule has 0 aromatic carbocycles. The normalized spacial score (nSPS) is 28.3. The first-order chi connectivity index (χ1) is 12.1. The molecule has 6 nitrogen and oxygen atoms in total. The molecule has 0 radical (unpaired) electrons. The minimum Gasteiger partial charge on any atom is -0.375 e. The van der Waals surface area contributed by atoms with Crippen LogP contribution in [0.3, 0.4) is 0 Å². The largest absolute Gasteiger partial charge is 0.375 e. The van der Waals surface area contributed by atoms with Gasteiger partial charge < -0.3 is 19.4 Å². The first-order valence-electron chi connectivity index (χ1n) is 10.2. The molecule has 0 aliphatic carbocycles. The number of ether oxygens (including phenoxy) is 1. The minimum atomic E-state index is 0.00625. The van der Waals surface area contributed by atoms with Crippen molar-refractivity contribution in [3.63, 3.8) is 0 Å². The van der Waals surface area contributed by atoms with Gasteiger partial charge in [0.1, 0.15) is 0 Å². The number of urea groups is 1. The Morgan fingerprint density at radius 2 is 1.72 bits per heavy atom. The summed E-state index contributed by atoms with van der Waals surface area (Å²) in [6.45, 7) is 13.0. The third-order valence-corrected chi connectivity index (χ3v) is 6.50. The molecule has 0 aromatic rings. The molecule has 1 unspecified atom stereocenters. The summed E-state index contributed by atoms with van der Waals surface area (Å²) >= 11 is 0. The lowest BCUT2D eigenvalue weighted by atomic mass is 9.81. The summed E-state index contributed by atoms with van der Waals surface area (Å²) < 4.78 is 6.30. The number of carbonyl (C=O) groups excluding carboxylic acids is 1. The lowest BCUT2D eigenvalue weighted by Gasteiger charge is -2.49. The van der Waals surface area contributed by atoms with E-state index in [-0.39, 0.29) is 11.6 Å². The van der Waals surface area contributed by atoms with Crippen LogP contribution in [0.5, 0.6) is 0 Å². The number of piperidine rings is 1. The highest BCUT2D eigenvalue weighted by Gasteiger charge is 2.43. The van der Waals surface area contributed by atoms with Gasteiger partial charge in [-0.1, -0.05) is 0 Å². The van der Waals surface area contributed by atoms with Gasteiger partial charge in [0.15, 0.2) is 0 Å². The maximum Gasteiger partial charge on any atom is 0.319 e. The molecule has 0 saturated carbocycles. The molecule has 1 spiro atoms. The van der Waals surface area contributed by atoms with Crippen molar-refractivity contribution < 1.29 is 9.53 Å². The van der Waals surface area contributed by atoms with Crippen molar-refractivity contribution in [2.75, 3.05) is 66.0 Å². The smallest absolute Gasteiger partial charge is 0.319 e. The van der Waals surface area contributed by atoms with E-state index < -0.39 is 0 Å². The number of likely N-dealkylation sites (N-methyl/N-ethyl adjacent to an activating group) is 1. The Hall–Kier alpha value is -0.850. The number of hydrogen-bond donors (Lipinski definition) is 0. The standard InChI is InChI=1S/C19H36N4O2/c1-4-21(5-2)18(24)23-9-7-19(8-10-23)16-17(6-15-25-19)22-13-11-20(3)12-14-22/h17H,4-16H2,1-3H3. The Bertz CT molecular complexity index is 439. The van der Waals surface area contributed by atoms with Crippen molar-refractivity contribution in [1.29, 1.82) is 0 Å². The van der Waals surface area contributed by atoms with Gasteiger partial charge in [0, 0.05) is 65.0 Å². The van der Waals surface area contributed by atoms with Crippen LogP contribution in [0.2, 0.25) is 0 Å². The van der Waals surface area contributed by atoms with Crippen LogP contribution in [0.1, 0.15) is 39.5 Å². The zero-order valence-electron chi connectivity index (χ0n) is 16.4. The van der Waals surface area contributed by atoms with Crippen LogP contribution in [0, 0.1) is 0 Å². The number of hydrogen-bond acceptors (Lipinski definition) is 4. The monoisotopic (exact) mass is 352 g/mol. The third kappa shape index (κ3) is 4.29. The van der Waals surface area contributed by atoms with Gasteiger partial charge >= 0.3 is 6.03 Å². The molecule has 3 saturated heterocycles. The summed E-state index contributed by atoms with van der Waals surface area (Å²) in [6.07, 6.45) is 4.28. The van der Waals surface area contributed by atoms with Gasteiger partial charge in [-0.05, 0) is 46.6 Å². The number of nitrogens with zero attached hydrogens (tertiary/aromatic N) is 4. The van der Waals surface area contributed by atoms with Gasteiger partial charge in [0.25, 0.3) is 0 Å². The molecule has 144 valence electrons. The van der Waals surface area contributed by atoms with Crippen LogP contribution < -0.4 is 0 Å². The van der Waals surface area contributed by atoms with Crippen molar-refractivity contribution in [2.45, 2.75) is 51.2 Å². The summed E-state index contributed by atoms with van der Waals surface area (Å²) in [7, 11) is 2.21. The van der Waals surface area contributed by atoms with Crippen molar-refractivity contribution in [1.82, 2.24) is 19.6 Å². The second-order valence-electron chi connectivity index (χ2n) is 7.96. The summed E-state index contributed by atoms with van der Waals surface area (Å²) in [5, 5.41) is 0. The van der Waals surface area contributed by atoms with E-state index >= 15 is 0 Å². The van der Waals surface area contributed by atoms with Crippen LogP contribution in [0.15, 0.2) is 0 Å². The number of likely N-dealkylation sites (tertiary alicyclic amines) is 1. The Morgan fingerprint density at radius 1 is 1.08 bits per heavy atom. The first-order valence-corrected chi connectivity index (χ1v) is 10.2. The van der Waals surface area contributed by atoms with Gasteiger partial charge in [-0.25, -0.2) is 4.79 Å². The van der Waals surface area contributed by atoms with Gasteiger partial charge in [-0.2, -0.15) is 0 Å². The summed E-state index contributed by atoms with van der Waals surface area (Å²) in [4.78, 5) is 21.6. The number of amides is 2.